The summed E-state index contributed by atoms with van der Waals surface area (Å²) in [6, 6.07) is 4.67. The summed E-state index contributed by atoms with van der Waals surface area (Å²) < 4.78 is 5.88. The molecule has 1 aliphatic heterocycles. The lowest BCUT2D eigenvalue weighted by Crippen LogP contribution is -2.45. The number of rotatable bonds is 5. The highest BCUT2D eigenvalue weighted by atomic mass is 32.1. The number of ether oxygens (including phenoxy) is 1. The maximum atomic E-state index is 5.88. The Balaban J connectivity index is 1.95. The van der Waals surface area contributed by atoms with Gasteiger partial charge < -0.3 is 4.74 Å². The Morgan fingerprint density at radius 1 is 1.47 bits per heavy atom. The van der Waals surface area contributed by atoms with Crippen molar-refractivity contribution >= 4 is 11.3 Å². The summed E-state index contributed by atoms with van der Waals surface area (Å²) in [4.78, 5) is 2.84. The van der Waals surface area contributed by atoms with Crippen molar-refractivity contribution in [2.45, 2.75) is 57.8 Å². The maximum Gasteiger partial charge on any atom is 0.0749 e. The van der Waals surface area contributed by atoms with Crippen LogP contribution in [0.4, 0.5) is 0 Å². The Kier molecular flexibility index (Phi) is 4.56. The van der Waals surface area contributed by atoms with Crippen molar-refractivity contribution in [3.63, 3.8) is 0 Å². The van der Waals surface area contributed by atoms with Crippen LogP contribution in [0.5, 0.6) is 0 Å². The molecule has 2 heterocycles. The van der Waals surface area contributed by atoms with E-state index in [-0.39, 0.29) is 12.1 Å². The Morgan fingerprint density at radius 2 is 2.24 bits per heavy atom. The summed E-state index contributed by atoms with van der Waals surface area (Å²) >= 11 is 1.89. The first kappa shape index (κ1) is 13.0. The smallest absolute Gasteiger partial charge is 0.0749 e. The van der Waals surface area contributed by atoms with Gasteiger partial charge in [-0.05, 0) is 38.3 Å². The van der Waals surface area contributed by atoms with E-state index in [9.17, 15) is 0 Å². The van der Waals surface area contributed by atoms with Crippen LogP contribution in [-0.2, 0) is 17.6 Å². The van der Waals surface area contributed by atoms with Gasteiger partial charge in [0.15, 0.2) is 0 Å². The average molecular weight is 254 g/mol. The third-order valence-corrected chi connectivity index (χ3v) is 4.67. The molecule has 0 amide bonds. The van der Waals surface area contributed by atoms with E-state index < -0.39 is 0 Å². The van der Waals surface area contributed by atoms with E-state index in [1.807, 2.05) is 11.3 Å². The van der Waals surface area contributed by atoms with Crippen molar-refractivity contribution in [1.82, 2.24) is 5.43 Å². The van der Waals surface area contributed by atoms with Gasteiger partial charge in [-0.2, -0.15) is 0 Å². The van der Waals surface area contributed by atoms with Gasteiger partial charge in [0, 0.05) is 16.2 Å². The molecule has 96 valence electrons. The van der Waals surface area contributed by atoms with Crippen molar-refractivity contribution in [2.75, 3.05) is 0 Å². The molecule has 1 saturated heterocycles. The molecule has 17 heavy (non-hydrogen) atoms. The predicted octanol–water partition coefficient (Wildman–Crippen LogP) is 2.25. The molecule has 0 aliphatic carbocycles. The lowest BCUT2D eigenvalue weighted by atomic mass is 10.0. The minimum atomic E-state index is 0.239. The van der Waals surface area contributed by atoms with Crippen molar-refractivity contribution in [3.05, 3.63) is 21.9 Å². The van der Waals surface area contributed by atoms with Gasteiger partial charge in [0.2, 0.25) is 0 Å². The average Bonchev–Trinajstić information content (AvgIpc) is 2.94. The van der Waals surface area contributed by atoms with E-state index in [0.717, 1.165) is 25.7 Å². The van der Waals surface area contributed by atoms with E-state index >= 15 is 0 Å². The molecule has 1 fully saturated rings. The van der Waals surface area contributed by atoms with Gasteiger partial charge in [0.1, 0.15) is 0 Å². The SMILES string of the molecule is CCc1ccc(CC(NN)C2CCC(C)O2)s1. The second-order valence-electron chi connectivity index (χ2n) is 4.76. The normalized spacial score (nSPS) is 26.3. The van der Waals surface area contributed by atoms with Gasteiger partial charge in [-0.25, -0.2) is 0 Å². The zero-order valence-corrected chi connectivity index (χ0v) is 11.4. The van der Waals surface area contributed by atoms with Crippen LogP contribution in [0.3, 0.4) is 0 Å². The van der Waals surface area contributed by atoms with Crippen LogP contribution in [0.25, 0.3) is 0 Å². The van der Waals surface area contributed by atoms with Crippen molar-refractivity contribution < 1.29 is 4.74 Å². The number of nitrogens with one attached hydrogen (secondary N) is 1. The van der Waals surface area contributed by atoms with Crippen LogP contribution in [-0.4, -0.2) is 18.2 Å². The fraction of sp³-hybridized carbons (Fsp3) is 0.692. The molecule has 4 heteroatoms. The summed E-state index contributed by atoms with van der Waals surface area (Å²) in [5.41, 5.74) is 2.92. The van der Waals surface area contributed by atoms with Gasteiger partial charge in [-0.3, -0.25) is 11.3 Å². The summed E-state index contributed by atoms with van der Waals surface area (Å²) in [6.45, 7) is 4.32. The first-order chi connectivity index (χ1) is 8.22. The Morgan fingerprint density at radius 3 is 2.76 bits per heavy atom. The lowest BCUT2D eigenvalue weighted by molar-refractivity contribution is 0.0322. The highest BCUT2D eigenvalue weighted by molar-refractivity contribution is 7.11. The van der Waals surface area contributed by atoms with Crippen LogP contribution in [0.1, 0.15) is 36.4 Å². The van der Waals surface area contributed by atoms with Gasteiger partial charge in [-0.15, -0.1) is 11.3 Å². The molecular weight excluding hydrogens is 232 g/mol. The molecule has 2 rings (SSSR count). The summed E-state index contributed by atoms with van der Waals surface area (Å²) in [6.07, 6.45) is 4.99. The molecule has 3 N–H and O–H groups in total. The highest BCUT2D eigenvalue weighted by Gasteiger charge is 2.29. The van der Waals surface area contributed by atoms with Crippen LogP contribution < -0.4 is 11.3 Å². The maximum absolute atomic E-state index is 5.88. The van der Waals surface area contributed by atoms with Gasteiger partial charge in [0.25, 0.3) is 0 Å². The van der Waals surface area contributed by atoms with E-state index in [1.165, 1.54) is 9.75 Å². The molecule has 1 aromatic heterocycles. The zero-order valence-electron chi connectivity index (χ0n) is 10.6. The molecule has 0 aromatic carbocycles. The van der Waals surface area contributed by atoms with E-state index in [1.54, 1.807) is 0 Å². The predicted molar refractivity (Wildman–Crippen MR) is 72.1 cm³/mol. The largest absolute Gasteiger partial charge is 0.374 e. The van der Waals surface area contributed by atoms with Crippen LogP contribution in [0.15, 0.2) is 12.1 Å². The number of hydrazine groups is 1. The topological polar surface area (TPSA) is 47.3 Å². The van der Waals surface area contributed by atoms with E-state index in [4.69, 9.17) is 10.6 Å². The first-order valence-electron chi connectivity index (χ1n) is 6.42. The minimum Gasteiger partial charge on any atom is -0.374 e. The standard InChI is InChI=1S/C13H22N2OS/c1-3-10-5-6-11(17-10)8-12(15-14)13-7-4-9(2)16-13/h5-6,9,12-13,15H,3-4,7-8,14H2,1-2H3. The monoisotopic (exact) mass is 254 g/mol. The highest BCUT2D eigenvalue weighted by Crippen LogP contribution is 2.25. The van der Waals surface area contributed by atoms with Crippen molar-refractivity contribution in [3.8, 4) is 0 Å². The Hall–Kier alpha value is -0.420. The molecule has 1 aliphatic rings. The van der Waals surface area contributed by atoms with Gasteiger partial charge in [-0.1, -0.05) is 6.92 Å². The summed E-state index contributed by atoms with van der Waals surface area (Å²) in [5, 5.41) is 0. The number of hydrogen-bond acceptors (Lipinski definition) is 4. The molecule has 0 spiro atoms. The number of aryl methyl sites for hydroxylation is 1. The van der Waals surface area contributed by atoms with Crippen LogP contribution >= 0.6 is 11.3 Å². The van der Waals surface area contributed by atoms with Crippen molar-refractivity contribution in [2.24, 2.45) is 5.84 Å². The van der Waals surface area contributed by atoms with Crippen LogP contribution in [0, 0.1) is 0 Å². The fourth-order valence-electron chi connectivity index (χ4n) is 2.37. The summed E-state index contributed by atoms with van der Waals surface area (Å²) in [7, 11) is 0. The fourth-order valence-corrected chi connectivity index (χ4v) is 3.38. The molecule has 0 bridgehead atoms. The molecule has 3 atom stereocenters. The van der Waals surface area contributed by atoms with Gasteiger partial charge in [0.05, 0.1) is 18.2 Å². The number of nitrogens with two attached hydrogens (primary N) is 1. The first-order valence-corrected chi connectivity index (χ1v) is 7.23. The lowest BCUT2D eigenvalue weighted by Gasteiger charge is -2.22. The summed E-state index contributed by atoms with van der Waals surface area (Å²) in [5.74, 6) is 5.66. The minimum absolute atomic E-state index is 0.239. The molecule has 1 aromatic rings. The Labute approximate surface area is 107 Å². The quantitative estimate of drug-likeness (QED) is 0.626. The van der Waals surface area contributed by atoms with E-state index in [0.29, 0.717) is 6.10 Å². The number of hydrogen-bond donors (Lipinski definition) is 2. The molecule has 3 nitrogen and oxygen atoms in total. The molecule has 0 saturated carbocycles. The second-order valence-corrected chi connectivity index (χ2v) is 6.01. The van der Waals surface area contributed by atoms with Crippen molar-refractivity contribution in [1.29, 1.82) is 0 Å². The molecular formula is C13H22N2OS. The Bertz CT molecular complexity index is 353. The third-order valence-electron chi connectivity index (χ3n) is 3.41. The molecule has 0 radical (unpaired) electrons. The molecule has 3 unspecified atom stereocenters. The third kappa shape index (κ3) is 3.28. The zero-order chi connectivity index (χ0) is 12.3. The van der Waals surface area contributed by atoms with Gasteiger partial charge >= 0.3 is 0 Å². The van der Waals surface area contributed by atoms with Crippen LogP contribution in [0.2, 0.25) is 0 Å². The number of thiophene rings is 1. The van der Waals surface area contributed by atoms with E-state index in [2.05, 4.69) is 31.4 Å². The second kappa shape index (κ2) is 5.96.